The second-order valence-electron chi connectivity index (χ2n) is 8.46. The fourth-order valence-corrected chi connectivity index (χ4v) is 4.84. The lowest BCUT2D eigenvalue weighted by Gasteiger charge is -2.33. The molecule has 0 aliphatic carbocycles. The third-order valence-corrected chi connectivity index (χ3v) is 8.21. The van der Waals surface area contributed by atoms with Crippen molar-refractivity contribution < 1.29 is 22.4 Å². The third kappa shape index (κ3) is 7.09. The Balaban J connectivity index is 2.53. The summed E-state index contributed by atoms with van der Waals surface area (Å²) in [6, 6.07) is 8.91. The Kier molecular flexibility index (Phi) is 10.5. The molecule has 0 aromatic heterocycles. The van der Waals surface area contributed by atoms with Crippen LogP contribution in [0, 0.1) is 5.82 Å². The zero-order valence-corrected chi connectivity index (χ0v) is 23.2. The van der Waals surface area contributed by atoms with E-state index in [-0.39, 0.29) is 28.3 Å². The van der Waals surface area contributed by atoms with Crippen molar-refractivity contribution >= 4 is 50.9 Å². The number of hydrogen-bond acceptors (Lipinski definition) is 4. The van der Waals surface area contributed by atoms with Gasteiger partial charge in [-0.1, -0.05) is 48.3 Å². The highest BCUT2D eigenvalue weighted by Crippen LogP contribution is 2.28. The SMILES string of the molecule is CC[C@H](C)NC(=O)[C@@H](C)N(Cc1c(Cl)cccc1Cl)C(=O)CN(c1ccccc1F)S(=O)(=O)N(C)C. The summed E-state index contributed by atoms with van der Waals surface area (Å²) in [5.41, 5.74) is 0.0947. The third-order valence-electron chi connectivity index (χ3n) is 5.70. The topological polar surface area (TPSA) is 90.0 Å². The molecule has 2 amide bonds. The van der Waals surface area contributed by atoms with Crippen LogP contribution in [0.5, 0.6) is 0 Å². The molecule has 2 atom stereocenters. The maximum absolute atomic E-state index is 14.7. The molecule has 1 N–H and O–H groups in total. The minimum atomic E-state index is -4.27. The summed E-state index contributed by atoms with van der Waals surface area (Å²) in [6.45, 7) is 4.32. The Morgan fingerprint density at radius 3 is 2.14 bits per heavy atom. The van der Waals surface area contributed by atoms with Crippen LogP contribution in [0.1, 0.15) is 32.8 Å². The van der Waals surface area contributed by atoms with Crippen LogP contribution < -0.4 is 9.62 Å². The van der Waals surface area contributed by atoms with Crippen LogP contribution in [0.3, 0.4) is 0 Å². The van der Waals surface area contributed by atoms with E-state index in [1.165, 1.54) is 44.1 Å². The summed E-state index contributed by atoms with van der Waals surface area (Å²) in [4.78, 5) is 27.8. The molecule has 2 aromatic rings. The van der Waals surface area contributed by atoms with Crippen molar-refractivity contribution in [3.05, 3.63) is 63.9 Å². The van der Waals surface area contributed by atoms with E-state index in [0.717, 1.165) is 10.4 Å². The summed E-state index contributed by atoms with van der Waals surface area (Å²) >= 11 is 12.6. The first kappa shape index (κ1) is 29.8. The van der Waals surface area contributed by atoms with Crippen molar-refractivity contribution in [1.82, 2.24) is 14.5 Å². The number of benzene rings is 2. The van der Waals surface area contributed by atoms with Crippen LogP contribution in [-0.4, -0.2) is 62.2 Å². The first-order valence-corrected chi connectivity index (χ1v) is 13.4. The molecule has 198 valence electrons. The fourth-order valence-electron chi connectivity index (χ4n) is 3.26. The van der Waals surface area contributed by atoms with E-state index < -0.39 is 40.4 Å². The number of para-hydroxylation sites is 1. The average Bonchev–Trinajstić information content (AvgIpc) is 2.82. The number of nitrogens with one attached hydrogen (secondary N) is 1. The number of amides is 2. The molecule has 0 saturated heterocycles. The van der Waals surface area contributed by atoms with Gasteiger partial charge < -0.3 is 10.2 Å². The van der Waals surface area contributed by atoms with Crippen LogP contribution in [0.2, 0.25) is 10.0 Å². The summed E-state index contributed by atoms with van der Waals surface area (Å²) in [5.74, 6) is -2.00. The first-order valence-electron chi connectivity index (χ1n) is 11.3. The molecule has 2 aromatic carbocycles. The lowest BCUT2D eigenvalue weighted by atomic mass is 10.1. The van der Waals surface area contributed by atoms with Crippen molar-refractivity contribution in [3.63, 3.8) is 0 Å². The smallest absolute Gasteiger partial charge is 0.304 e. The molecular weight excluding hydrogens is 530 g/mol. The summed E-state index contributed by atoms with van der Waals surface area (Å²) < 4.78 is 42.4. The van der Waals surface area contributed by atoms with E-state index in [4.69, 9.17) is 23.2 Å². The lowest BCUT2D eigenvalue weighted by Crippen LogP contribution is -2.53. The van der Waals surface area contributed by atoms with E-state index >= 15 is 0 Å². The predicted molar refractivity (Wildman–Crippen MR) is 141 cm³/mol. The zero-order valence-electron chi connectivity index (χ0n) is 20.8. The highest BCUT2D eigenvalue weighted by atomic mass is 35.5. The Morgan fingerprint density at radius 2 is 1.61 bits per heavy atom. The number of halogens is 3. The Hall–Kier alpha value is -2.40. The van der Waals surface area contributed by atoms with E-state index in [2.05, 4.69) is 5.32 Å². The number of hydrogen-bond donors (Lipinski definition) is 1. The number of anilines is 1. The fraction of sp³-hybridized carbons (Fsp3) is 0.417. The standard InChI is InChI=1S/C24H31Cl2FN4O4S/c1-6-16(2)28-24(33)17(3)30(14-18-19(25)10-9-11-20(18)26)23(32)15-31(36(34,35)29(4)5)22-13-8-7-12-21(22)27/h7-13,16-17H,6,14-15H2,1-5H3,(H,28,33)/t16-,17+/m0/s1. The van der Waals surface area contributed by atoms with Crippen molar-refractivity contribution in [2.24, 2.45) is 0 Å². The summed E-state index contributed by atoms with van der Waals surface area (Å²) in [5, 5.41) is 3.38. The molecule has 0 fully saturated rings. The van der Waals surface area contributed by atoms with Gasteiger partial charge in [0.25, 0.3) is 0 Å². The van der Waals surface area contributed by atoms with Gasteiger partial charge in [-0.25, -0.2) is 8.70 Å². The molecule has 0 bridgehead atoms. The number of carbonyl (C=O) groups is 2. The van der Waals surface area contributed by atoms with Crippen LogP contribution in [0.4, 0.5) is 10.1 Å². The monoisotopic (exact) mass is 560 g/mol. The quantitative estimate of drug-likeness (QED) is 0.448. The minimum Gasteiger partial charge on any atom is -0.352 e. The molecule has 2 rings (SSSR count). The van der Waals surface area contributed by atoms with Gasteiger partial charge >= 0.3 is 10.2 Å². The maximum atomic E-state index is 14.7. The van der Waals surface area contributed by atoms with Gasteiger partial charge in [-0.2, -0.15) is 12.7 Å². The average molecular weight is 562 g/mol. The van der Waals surface area contributed by atoms with E-state index in [1.54, 1.807) is 18.2 Å². The van der Waals surface area contributed by atoms with Crippen LogP contribution in [-0.2, 0) is 26.3 Å². The van der Waals surface area contributed by atoms with Gasteiger partial charge in [0.2, 0.25) is 11.8 Å². The molecule has 0 heterocycles. The van der Waals surface area contributed by atoms with Gasteiger partial charge in [0.1, 0.15) is 18.4 Å². The Labute approximate surface area is 222 Å². The van der Waals surface area contributed by atoms with Crippen LogP contribution in [0.25, 0.3) is 0 Å². The molecule has 0 radical (unpaired) electrons. The maximum Gasteiger partial charge on any atom is 0.304 e. The number of carbonyl (C=O) groups excluding carboxylic acids is 2. The van der Waals surface area contributed by atoms with Crippen molar-refractivity contribution in [2.75, 3.05) is 24.9 Å². The molecule has 0 spiro atoms. The van der Waals surface area contributed by atoms with Gasteiger partial charge in [0.15, 0.2) is 0 Å². The Morgan fingerprint density at radius 1 is 1.03 bits per heavy atom. The van der Waals surface area contributed by atoms with Gasteiger partial charge in [-0.15, -0.1) is 0 Å². The molecule has 8 nitrogen and oxygen atoms in total. The van der Waals surface area contributed by atoms with Crippen molar-refractivity contribution in [3.8, 4) is 0 Å². The predicted octanol–water partition coefficient (Wildman–Crippen LogP) is 4.08. The molecule has 0 saturated carbocycles. The molecule has 0 aliphatic rings. The van der Waals surface area contributed by atoms with E-state index in [9.17, 15) is 22.4 Å². The second kappa shape index (κ2) is 12.7. The van der Waals surface area contributed by atoms with Crippen LogP contribution >= 0.6 is 23.2 Å². The number of rotatable bonds is 11. The summed E-state index contributed by atoms with van der Waals surface area (Å²) in [7, 11) is -1.72. The normalized spacial score (nSPS) is 13.2. The first-order chi connectivity index (χ1) is 16.8. The largest absolute Gasteiger partial charge is 0.352 e. The molecular formula is C24H31Cl2FN4O4S. The van der Waals surface area contributed by atoms with Gasteiger partial charge in [-0.05, 0) is 44.5 Å². The molecule has 12 heteroatoms. The van der Waals surface area contributed by atoms with Gasteiger partial charge in [0, 0.05) is 42.3 Å². The minimum absolute atomic E-state index is 0.148. The van der Waals surface area contributed by atoms with E-state index in [1.807, 2.05) is 13.8 Å². The molecule has 0 aliphatic heterocycles. The lowest BCUT2D eigenvalue weighted by molar-refractivity contribution is -0.139. The van der Waals surface area contributed by atoms with Gasteiger partial charge in [-0.3, -0.25) is 9.59 Å². The summed E-state index contributed by atoms with van der Waals surface area (Å²) in [6.07, 6.45) is 0.672. The highest BCUT2D eigenvalue weighted by molar-refractivity contribution is 7.90. The van der Waals surface area contributed by atoms with Gasteiger partial charge in [0.05, 0.1) is 5.69 Å². The van der Waals surface area contributed by atoms with E-state index in [0.29, 0.717) is 16.3 Å². The second-order valence-corrected chi connectivity index (χ2v) is 11.3. The zero-order chi connectivity index (χ0) is 27.2. The van der Waals surface area contributed by atoms with Crippen LogP contribution in [0.15, 0.2) is 42.5 Å². The van der Waals surface area contributed by atoms with Crippen molar-refractivity contribution in [2.45, 2.75) is 45.8 Å². The molecule has 0 unspecified atom stereocenters. The van der Waals surface area contributed by atoms with Crippen molar-refractivity contribution in [1.29, 1.82) is 0 Å². The number of nitrogens with zero attached hydrogens (tertiary/aromatic N) is 3. The molecule has 36 heavy (non-hydrogen) atoms. The highest BCUT2D eigenvalue weighted by Gasteiger charge is 2.34. The Bertz CT molecular complexity index is 1180.